The van der Waals surface area contributed by atoms with Crippen LogP contribution in [0.2, 0.25) is 0 Å². The topological polar surface area (TPSA) is 103 Å². The van der Waals surface area contributed by atoms with Gasteiger partial charge >= 0.3 is 0 Å². The fraction of sp³-hybridized carbons (Fsp3) is 0.136. The van der Waals surface area contributed by atoms with E-state index >= 15 is 0 Å². The van der Waals surface area contributed by atoms with Crippen LogP contribution in [0.4, 0.5) is 11.7 Å². The number of nitrogens with one attached hydrogen (secondary N) is 2. The third kappa shape index (κ3) is 4.05. The van der Waals surface area contributed by atoms with Crippen molar-refractivity contribution in [2.45, 2.75) is 4.90 Å². The van der Waals surface area contributed by atoms with Crippen LogP contribution in [-0.2, 0) is 10.0 Å². The van der Waals surface area contributed by atoms with E-state index in [1.807, 2.05) is 24.3 Å². The van der Waals surface area contributed by atoms with Crippen LogP contribution in [0.1, 0.15) is 0 Å². The lowest BCUT2D eigenvalue weighted by molar-refractivity contribution is 0.355. The standard InChI is InChI=1S/C22H21N3O5S/c1-23-31(26,27)16-10-7-14(8-11-16)17-5-4-6-18-21(17)30-22(25-18)24-15-9-12-19(28-2)20(13-15)29-3/h4-13,23H,1-3H3,(H,24,25). The zero-order valence-electron chi connectivity index (χ0n) is 17.2. The summed E-state index contributed by atoms with van der Waals surface area (Å²) in [5.41, 5.74) is 3.61. The Hall–Kier alpha value is -3.56. The molecule has 0 spiro atoms. The maximum absolute atomic E-state index is 12.0. The van der Waals surface area contributed by atoms with Gasteiger partial charge in [0.15, 0.2) is 17.1 Å². The van der Waals surface area contributed by atoms with Crippen molar-refractivity contribution in [3.05, 3.63) is 60.7 Å². The Kier molecular flexibility index (Phi) is 5.53. The number of benzene rings is 3. The van der Waals surface area contributed by atoms with Gasteiger partial charge < -0.3 is 19.2 Å². The molecule has 0 fully saturated rings. The summed E-state index contributed by atoms with van der Waals surface area (Å²) in [4.78, 5) is 4.70. The summed E-state index contributed by atoms with van der Waals surface area (Å²) < 4.78 is 42.8. The normalized spacial score (nSPS) is 11.5. The zero-order chi connectivity index (χ0) is 22.0. The van der Waals surface area contributed by atoms with Crippen molar-refractivity contribution < 1.29 is 22.3 Å². The van der Waals surface area contributed by atoms with Crippen molar-refractivity contribution >= 4 is 32.8 Å². The molecule has 0 bridgehead atoms. The molecule has 0 radical (unpaired) electrons. The number of sulfonamides is 1. The van der Waals surface area contributed by atoms with Crippen molar-refractivity contribution in [2.24, 2.45) is 0 Å². The Morgan fingerprint density at radius 3 is 2.35 bits per heavy atom. The maximum atomic E-state index is 12.0. The van der Waals surface area contributed by atoms with Crippen LogP contribution >= 0.6 is 0 Å². The minimum Gasteiger partial charge on any atom is -0.493 e. The van der Waals surface area contributed by atoms with Gasteiger partial charge in [-0.15, -0.1) is 0 Å². The van der Waals surface area contributed by atoms with Crippen LogP contribution in [0, 0.1) is 0 Å². The second-order valence-electron chi connectivity index (χ2n) is 6.60. The molecule has 3 aromatic carbocycles. The number of oxazole rings is 1. The van der Waals surface area contributed by atoms with Gasteiger partial charge in [0, 0.05) is 17.3 Å². The van der Waals surface area contributed by atoms with Gasteiger partial charge in [0.25, 0.3) is 6.01 Å². The predicted molar refractivity (Wildman–Crippen MR) is 119 cm³/mol. The first-order valence-corrected chi connectivity index (χ1v) is 10.9. The Bertz CT molecular complexity index is 1330. The Morgan fingerprint density at radius 1 is 0.935 bits per heavy atom. The fourth-order valence-corrected chi connectivity index (χ4v) is 3.93. The van der Waals surface area contributed by atoms with Gasteiger partial charge in [-0.05, 0) is 42.9 Å². The summed E-state index contributed by atoms with van der Waals surface area (Å²) in [5, 5.41) is 3.13. The smallest absolute Gasteiger partial charge is 0.300 e. The van der Waals surface area contributed by atoms with Gasteiger partial charge in [-0.25, -0.2) is 13.1 Å². The minimum atomic E-state index is -3.50. The van der Waals surface area contributed by atoms with Gasteiger partial charge in [0.2, 0.25) is 10.0 Å². The highest BCUT2D eigenvalue weighted by Crippen LogP contribution is 2.34. The highest BCUT2D eigenvalue weighted by Gasteiger charge is 2.15. The molecular formula is C22H21N3O5S. The Labute approximate surface area is 179 Å². The summed E-state index contributed by atoms with van der Waals surface area (Å²) >= 11 is 0. The predicted octanol–water partition coefficient (Wildman–Crippen LogP) is 4.16. The molecule has 1 aromatic heterocycles. The first-order chi connectivity index (χ1) is 14.9. The average Bonchev–Trinajstić information content (AvgIpc) is 3.21. The van der Waals surface area contributed by atoms with E-state index in [-0.39, 0.29) is 4.90 Å². The lowest BCUT2D eigenvalue weighted by Gasteiger charge is -2.09. The number of hydrogen-bond acceptors (Lipinski definition) is 7. The number of fused-ring (bicyclic) bond motifs is 1. The number of methoxy groups -OCH3 is 2. The number of hydrogen-bond donors (Lipinski definition) is 2. The van der Waals surface area contributed by atoms with E-state index in [2.05, 4.69) is 15.0 Å². The van der Waals surface area contributed by atoms with Gasteiger partial charge in [-0.1, -0.05) is 24.3 Å². The highest BCUT2D eigenvalue weighted by molar-refractivity contribution is 7.89. The van der Waals surface area contributed by atoms with Crippen molar-refractivity contribution in [3.63, 3.8) is 0 Å². The molecule has 31 heavy (non-hydrogen) atoms. The van der Waals surface area contributed by atoms with E-state index in [1.165, 1.54) is 7.05 Å². The monoisotopic (exact) mass is 439 g/mol. The van der Waals surface area contributed by atoms with Crippen LogP contribution in [0.3, 0.4) is 0 Å². The average molecular weight is 439 g/mol. The second kappa shape index (κ2) is 8.29. The fourth-order valence-electron chi connectivity index (χ4n) is 3.20. The van der Waals surface area contributed by atoms with E-state index in [9.17, 15) is 8.42 Å². The van der Waals surface area contributed by atoms with Crippen LogP contribution in [-0.4, -0.2) is 34.7 Å². The first-order valence-electron chi connectivity index (χ1n) is 9.38. The zero-order valence-corrected chi connectivity index (χ0v) is 18.0. The first kappa shape index (κ1) is 20.7. The Balaban J connectivity index is 1.68. The quantitative estimate of drug-likeness (QED) is 0.446. The third-order valence-corrected chi connectivity index (χ3v) is 6.22. The summed E-state index contributed by atoms with van der Waals surface area (Å²) in [5.74, 6) is 1.21. The van der Waals surface area contributed by atoms with E-state index in [1.54, 1.807) is 50.6 Å². The summed E-state index contributed by atoms with van der Waals surface area (Å²) in [6.07, 6.45) is 0. The largest absolute Gasteiger partial charge is 0.493 e. The summed E-state index contributed by atoms with van der Waals surface area (Å²) in [6.45, 7) is 0. The van der Waals surface area contributed by atoms with E-state index in [4.69, 9.17) is 13.9 Å². The molecule has 0 aliphatic carbocycles. The molecule has 160 valence electrons. The maximum Gasteiger partial charge on any atom is 0.300 e. The molecule has 2 N–H and O–H groups in total. The summed E-state index contributed by atoms with van der Waals surface area (Å²) in [7, 11) is 1.03. The number of rotatable bonds is 7. The molecule has 0 aliphatic heterocycles. The molecule has 0 amide bonds. The van der Waals surface area contributed by atoms with Crippen LogP contribution in [0.15, 0.2) is 70.0 Å². The molecule has 8 nitrogen and oxygen atoms in total. The van der Waals surface area contributed by atoms with Crippen molar-refractivity contribution in [1.82, 2.24) is 9.71 Å². The van der Waals surface area contributed by atoms with E-state index in [0.717, 1.165) is 16.8 Å². The molecule has 0 unspecified atom stereocenters. The molecule has 0 atom stereocenters. The molecule has 0 saturated carbocycles. The van der Waals surface area contributed by atoms with Gasteiger partial charge in [-0.2, -0.15) is 4.98 Å². The van der Waals surface area contributed by atoms with Crippen LogP contribution in [0.25, 0.3) is 22.2 Å². The summed E-state index contributed by atoms with van der Waals surface area (Å²) in [6, 6.07) is 17.9. The number of anilines is 2. The number of aromatic nitrogens is 1. The number of ether oxygens (including phenoxy) is 2. The number of nitrogens with zero attached hydrogens (tertiary/aromatic N) is 1. The number of para-hydroxylation sites is 1. The van der Waals surface area contributed by atoms with Gasteiger partial charge in [0.1, 0.15) is 5.52 Å². The van der Waals surface area contributed by atoms with E-state index < -0.39 is 10.0 Å². The van der Waals surface area contributed by atoms with Crippen molar-refractivity contribution in [2.75, 3.05) is 26.6 Å². The molecule has 0 aliphatic rings. The Morgan fingerprint density at radius 2 is 1.68 bits per heavy atom. The molecule has 4 aromatic rings. The third-order valence-electron chi connectivity index (χ3n) is 4.79. The van der Waals surface area contributed by atoms with Crippen molar-refractivity contribution in [1.29, 1.82) is 0 Å². The van der Waals surface area contributed by atoms with Gasteiger partial charge in [-0.3, -0.25) is 0 Å². The van der Waals surface area contributed by atoms with E-state index in [0.29, 0.717) is 28.6 Å². The SMILES string of the molecule is CNS(=O)(=O)c1ccc(-c2cccc3nc(Nc4ccc(OC)c(OC)c4)oc23)cc1. The van der Waals surface area contributed by atoms with Crippen molar-refractivity contribution in [3.8, 4) is 22.6 Å². The molecule has 0 saturated heterocycles. The minimum absolute atomic E-state index is 0.194. The lowest BCUT2D eigenvalue weighted by Crippen LogP contribution is -2.18. The second-order valence-corrected chi connectivity index (χ2v) is 8.49. The van der Waals surface area contributed by atoms with Crippen LogP contribution < -0.4 is 19.5 Å². The van der Waals surface area contributed by atoms with Crippen LogP contribution in [0.5, 0.6) is 11.5 Å². The molecule has 4 rings (SSSR count). The molecular weight excluding hydrogens is 418 g/mol. The highest BCUT2D eigenvalue weighted by atomic mass is 32.2. The molecule has 9 heteroatoms. The molecule has 1 heterocycles. The van der Waals surface area contributed by atoms with Gasteiger partial charge in [0.05, 0.1) is 19.1 Å². The lowest BCUT2D eigenvalue weighted by atomic mass is 10.1.